The van der Waals surface area contributed by atoms with E-state index in [1.165, 1.54) is 0 Å². The summed E-state index contributed by atoms with van der Waals surface area (Å²) in [4.78, 5) is 24.7. The summed E-state index contributed by atoms with van der Waals surface area (Å²) >= 11 is 0. The summed E-state index contributed by atoms with van der Waals surface area (Å²) < 4.78 is 0. The van der Waals surface area contributed by atoms with Crippen molar-refractivity contribution < 1.29 is 14.7 Å². The third kappa shape index (κ3) is 4.54. The first kappa shape index (κ1) is 12.2. The van der Waals surface area contributed by atoms with Crippen LogP contribution in [0.1, 0.15) is 18.4 Å². The van der Waals surface area contributed by atoms with Gasteiger partial charge in [0, 0.05) is 24.9 Å². The Hall–Kier alpha value is -1.91. The molecule has 16 heavy (non-hydrogen) atoms. The third-order valence-corrected chi connectivity index (χ3v) is 2.24. The molecule has 0 saturated heterocycles. The monoisotopic (exact) mass is 222 g/mol. The number of carbonyl (C=O) groups is 2. The molecule has 0 spiro atoms. The van der Waals surface area contributed by atoms with Crippen molar-refractivity contribution in [1.29, 1.82) is 0 Å². The summed E-state index contributed by atoms with van der Waals surface area (Å²) in [6.45, 7) is 0. The fourth-order valence-corrected chi connectivity index (χ4v) is 1.44. The van der Waals surface area contributed by atoms with Gasteiger partial charge in [-0.1, -0.05) is 0 Å². The molecule has 0 radical (unpaired) electrons. The lowest BCUT2D eigenvalue weighted by molar-refractivity contribution is -0.137. The van der Waals surface area contributed by atoms with Crippen LogP contribution in [0.25, 0.3) is 0 Å². The molecule has 0 bridgehead atoms. The molecule has 1 unspecified atom stereocenters. The van der Waals surface area contributed by atoms with Crippen molar-refractivity contribution in [1.82, 2.24) is 10.3 Å². The topological polar surface area (TPSA) is 79.3 Å². The zero-order valence-electron chi connectivity index (χ0n) is 8.80. The van der Waals surface area contributed by atoms with Gasteiger partial charge in [0.25, 0.3) is 0 Å². The molecular weight excluding hydrogens is 208 g/mol. The zero-order valence-corrected chi connectivity index (χ0v) is 8.80. The Bertz CT molecular complexity index is 340. The number of amides is 1. The summed E-state index contributed by atoms with van der Waals surface area (Å²) in [6, 6.07) is 3.55. The molecule has 1 atom stereocenters. The van der Waals surface area contributed by atoms with E-state index in [4.69, 9.17) is 5.11 Å². The molecular formula is C11H14N2O3. The van der Waals surface area contributed by atoms with E-state index in [9.17, 15) is 9.59 Å². The van der Waals surface area contributed by atoms with Crippen LogP contribution in [0.3, 0.4) is 0 Å². The molecule has 0 aliphatic carbocycles. The van der Waals surface area contributed by atoms with Gasteiger partial charge in [0.1, 0.15) is 0 Å². The number of hydrogen-bond donors (Lipinski definition) is 2. The molecule has 86 valence electrons. The Kier molecular flexibility index (Phi) is 4.98. The molecule has 0 aliphatic heterocycles. The predicted molar refractivity (Wildman–Crippen MR) is 57.8 cm³/mol. The molecule has 1 aromatic rings. The number of carboxylic acid groups (broad SMARTS) is 1. The first-order valence-electron chi connectivity index (χ1n) is 5.02. The van der Waals surface area contributed by atoms with Gasteiger partial charge in [-0.05, 0) is 30.5 Å². The second-order valence-electron chi connectivity index (χ2n) is 3.47. The van der Waals surface area contributed by atoms with Crippen LogP contribution < -0.4 is 5.32 Å². The smallest absolute Gasteiger partial charge is 0.303 e. The van der Waals surface area contributed by atoms with Crippen LogP contribution in [-0.4, -0.2) is 28.5 Å². The van der Waals surface area contributed by atoms with Gasteiger partial charge in [0.2, 0.25) is 6.41 Å². The average molecular weight is 222 g/mol. The normalized spacial score (nSPS) is 11.8. The fraction of sp³-hybridized carbons (Fsp3) is 0.364. The van der Waals surface area contributed by atoms with Crippen LogP contribution in [0.15, 0.2) is 24.5 Å². The van der Waals surface area contributed by atoms with Crippen molar-refractivity contribution in [2.75, 3.05) is 0 Å². The molecule has 2 N–H and O–H groups in total. The average Bonchev–Trinajstić information content (AvgIpc) is 2.27. The number of carbonyl (C=O) groups excluding carboxylic acids is 1. The molecule has 5 heteroatoms. The van der Waals surface area contributed by atoms with Gasteiger partial charge in [0.05, 0.1) is 0 Å². The maximum atomic E-state index is 10.4. The maximum absolute atomic E-state index is 10.4. The maximum Gasteiger partial charge on any atom is 0.303 e. The summed E-state index contributed by atoms with van der Waals surface area (Å²) in [5, 5.41) is 11.2. The van der Waals surface area contributed by atoms with Gasteiger partial charge >= 0.3 is 5.97 Å². The molecule has 1 aromatic heterocycles. The Morgan fingerprint density at radius 3 is 2.75 bits per heavy atom. The van der Waals surface area contributed by atoms with E-state index in [0.717, 1.165) is 5.56 Å². The minimum atomic E-state index is -0.854. The first-order valence-corrected chi connectivity index (χ1v) is 5.02. The summed E-state index contributed by atoms with van der Waals surface area (Å²) in [5.74, 6) is -0.854. The van der Waals surface area contributed by atoms with Crippen molar-refractivity contribution in [3.05, 3.63) is 30.1 Å². The molecule has 1 rings (SSSR count). The van der Waals surface area contributed by atoms with Crippen molar-refractivity contribution >= 4 is 12.4 Å². The minimum absolute atomic E-state index is 0.0522. The lowest BCUT2D eigenvalue weighted by atomic mass is 10.0. The Morgan fingerprint density at radius 1 is 1.50 bits per heavy atom. The second kappa shape index (κ2) is 6.55. The number of carboxylic acids is 1. The largest absolute Gasteiger partial charge is 0.481 e. The van der Waals surface area contributed by atoms with Crippen molar-refractivity contribution in [2.45, 2.75) is 25.3 Å². The Labute approximate surface area is 93.5 Å². The Morgan fingerprint density at radius 2 is 2.19 bits per heavy atom. The zero-order chi connectivity index (χ0) is 11.8. The number of aliphatic carboxylic acids is 1. The van der Waals surface area contributed by atoms with Crippen molar-refractivity contribution in [3.63, 3.8) is 0 Å². The predicted octanol–water partition coefficient (Wildman–Crippen LogP) is 0.603. The SMILES string of the molecule is O=CNC(CCC(=O)O)Cc1ccncc1. The van der Waals surface area contributed by atoms with Crippen LogP contribution in [0.4, 0.5) is 0 Å². The van der Waals surface area contributed by atoms with E-state index in [0.29, 0.717) is 19.3 Å². The number of nitrogens with one attached hydrogen (secondary N) is 1. The third-order valence-electron chi connectivity index (χ3n) is 2.24. The van der Waals surface area contributed by atoms with Crippen LogP contribution in [-0.2, 0) is 16.0 Å². The highest BCUT2D eigenvalue weighted by atomic mass is 16.4. The van der Waals surface area contributed by atoms with E-state index in [2.05, 4.69) is 10.3 Å². The van der Waals surface area contributed by atoms with Gasteiger partial charge in [-0.3, -0.25) is 14.6 Å². The number of rotatable bonds is 7. The molecule has 5 nitrogen and oxygen atoms in total. The molecule has 0 aliphatic rings. The standard InChI is InChI=1S/C11H14N2O3/c14-8-13-10(1-2-11(15)16)7-9-3-5-12-6-4-9/h3-6,8,10H,1-2,7H2,(H,13,14)(H,15,16). The first-order chi connectivity index (χ1) is 7.72. The summed E-state index contributed by atoms with van der Waals surface area (Å²) in [7, 11) is 0. The Balaban J connectivity index is 2.50. The number of aromatic nitrogens is 1. The van der Waals surface area contributed by atoms with Gasteiger partial charge in [0.15, 0.2) is 0 Å². The molecule has 0 saturated carbocycles. The minimum Gasteiger partial charge on any atom is -0.481 e. The number of nitrogens with zero attached hydrogens (tertiary/aromatic N) is 1. The van der Waals surface area contributed by atoms with Crippen molar-refractivity contribution in [3.8, 4) is 0 Å². The van der Waals surface area contributed by atoms with E-state index in [1.54, 1.807) is 12.4 Å². The van der Waals surface area contributed by atoms with Gasteiger partial charge in [-0.2, -0.15) is 0 Å². The molecule has 0 aromatic carbocycles. The van der Waals surface area contributed by atoms with Crippen LogP contribution in [0.2, 0.25) is 0 Å². The molecule has 0 fully saturated rings. The van der Waals surface area contributed by atoms with E-state index >= 15 is 0 Å². The highest BCUT2D eigenvalue weighted by Gasteiger charge is 2.10. The highest BCUT2D eigenvalue weighted by molar-refractivity contribution is 5.66. The van der Waals surface area contributed by atoms with Gasteiger partial charge in [-0.25, -0.2) is 0 Å². The number of pyridine rings is 1. The number of hydrogen-bond acceptors (Lipinski definition) is 3. The van der Waals surface area contributed by atoms with Crippen LogP contribution >= 0.6 is 0 Å². The van der Waals surface area contributed by atoms with Gasteiger partial charge in [-0.15, -0.1) is 0 Å². The van der Waals surface area contributed by atoms with E-state index in [1.807, 2.05) is 12.1 Å². The van der Waals surface area contributed by atoms with Crippen LogP contribution in [0.5, 0.6) is 0 Å². The summed E-state index contributed by atoms with van der Waals surface area (Å²) in [6.07, 6.45) is 5.05. The van der Waals surface area contributed by atoms with E-state index < -0.39 is 5.97 Å². The molecule has 1 heterocycles. The summed E-state index contributed by atoms with van der Waals surface area (Å²) in [5.41, 5.74) is 1.03. The quantitative estimate of drug-likeness (QED) is 0.662. The molecule has 1 amide bonds. The highest BCUT2D eigenvalue weighted by Crippen LogP contribution is 2.06. The lowest BCUT2D eigenvalue weighted by Crippen LogP contribution is -2.30. The second-order valence-corrected chi connectivity index (χ2v) is 3.47. The fourth-order valence-electron chi connectivity index (χ4n) is 1.44. The van der Waals surface area contributed by atoms with Crippen molar-refractivity contribution in [2.24, 2.45) is 0 Å². The van der Waals surface area contributed by atoms with Gasteiger partial charge < -0.3 is 10.4 Å². The van der Waals surface area contributed by atoms with E-state index in [-0.39, 0.29) is 12.5 Å². The lowest BCUT2D eigenvalue weighted by Gasteiger charge is -2.14. The van der Waals surface area contributed by atoms with Crippen LogP contribution in [0, 0.1) is 0 Å².